The second-order valence-electron chi connectivity index (χ2n) is 6.16. The maximum atomic E-state index is 5.72. The van der Waals surface area contributed by atoms with Crippen LogP contribution in [0, 0.1) is 11.8 Å². The summed E-state index contributed by atoms with van der Waals surface area (Å²) in [6, 6.07) is 0. The quantitative estimate of drug-likeness (QED) is 0.436. The molecule has 0 heterocycles. The summed E-state index contributed by atoms with van der Waals surface area (Å²) >= 11 is 0. The molecule has 2 unspecified atom stereocenters. The molecule has 2 heteroatoms. The number of unbranched alkanes of at least 4 members (excludes halogenated alkanes) is 4. The smallest absolute Gasteiger partial charge is 0.0621 e. The highest BCUT2D eigenvalue weighted by Gasteiger charge is 2.21. The van der Waals surface area contributed by atoms with Gasteiger partial charge in [0.05, 0.1) is 12.7 Å². The summed E-state index contributed by atoms with van der Waals surface area (Å²) in [4.78, 5) is 0. The Kier molecular flexibility index (Phi) is 12.9. The predicted molar refractivity (Wildman–Crippen MR) is 83.6 cm³/mol. The first-order valence-electron chi connectivity index (χ1n) is 8.17. The fraction of sp³-hybridized carbons (Fsp3) is 1.00. The molecule has 0 rings (SSSR count). The average molecular weight is 272 g/mol. The Labute approximate surface area is 121 Å². The van der Waals surface area contributed by atoms with Crippen molar-refractivity contribution >= 4 is 0 Å². The van der Waals surface area contributed by atoms with Crippen molar-refractivity contribution < 1.29 is 9.47 Å². The zero-order chi connectivity index (χ0) is 14.5. The molecule has 0 fully saturated rings. The van der Waals surface area contributed by atoms with E-state index in [1.54, 1.807) is 7.11 Å². The molecule has 0 aliphatic rings. The largest absolute Gasteiger partial charge is 0.384 e. The molecule has 0 amide bonds. The van der Waals surface area contributed by atoms with E-state index in [0.717, 1.165) is 12.5 Å². The second-order valence-corrected chi connectivity index (χ2v) is 6.16. The monoisotopic (exact) mass is 272 g/mol. The van der Waals surface area contributed by atoms with Crippen LogP contribution in [0.1, 0.15) is 72.1 Å². The molecule has 0 aromatic rings. The Balaban J connectivity index is 4.01. The lowest BCUT2D eigenvalue weighted by Crippen LogP contribution is -2.27. The van der Waals surface area contributed by atoms with Crippen LogP contribution in [0.25, 0.3) is 0 Å². The maximum absolute atomic E-state index is 5.72. The van der Waals surface area contributed by atoms with E-state index in [4.69, 9.17) is 9.47 Å². The van der Waals surface area contributed by atoms with Crippen LogP contribution in [0.15, 0.2) is 0 Å². The van der Waals surface area contributed by atoms with Gasteiger partial charge in [-0.2, -0.15) is 0 Å². The van der Waals surface area contributed by atoms with Crippen molar-refractivity contribution in [2.45, 2.75) is 78.2 Å². The van der Waals surface area contributed by atoms with E-state index in [9.17, 15) is 0 Å². The van der Waals surface area contributed by atoms with Gasteiger partial charge in [-0.25, -0.2) is 0 Å². The third kappa shape index (κ3) is 10.4. The molecule has 2 nitrogen and oxygen atoms in total. The highest BCUT2D eigenvalue weighted by molar-refractivity contribution is 4.71. The minimum Gasteiger partial charge on any atom is -0.384 e. The van der Waals surface area contributed by atoms with E-state index in [2.05, 4.69) is 20.8 Å². The van der Waals surface area contributed by atoms with Crippen LogP contribution < -0.4 is 0 Å². The second kappa shape index (κ2) is 12.9. The number of hydrogen-bond acceptors (Lipinski definition) is 2. The SMILES string of the molecule is CCCCCCCC(OC)C(CCC(C)C)COC. The van der Waals surface area contributed by atoms with Gasteiger partial charge < -0.3 is 9.47 Å². The standard InChI is InChI=1S/C17H36O2/c1-6-7-8-9-10-11-17(19-5)16(14-18-4)13-12-15(2)3/h15-17H,6-14H2,1-5H3. The van der Waals surface area contributed by atoms with Crippen LogP contribution in [0.2, 0.25) is 0 Å². The minimum atomic E-state index is 0.375. The number of rotatable bonds is 13. The van der Waals surface area contributed by atoms with E-state index in [1.165, 1.54) is 51.4 Å². The van der Waals surface area contributed by atoms with E-state index in [-0.39, 0.29) is 0 Å². The third-order valence-electron chi connectivity index (χ3n) is 3.92. The van der Waals surface area contributed by atoms with Crippen LogP contribution in [0.4, 0.5) is 0 Å². The Morgan fingerprint density at radius 3 is 2.05 bits per heavy atom. The predicted octanol–water partition coefficient (Wildman–Crippen LogP) is 5.06. The van der Waals surface area contributed by atoms with Crippen molar-refractivity contribution in [2.24, 2.45) is 11.8 Å². The van der Waals surface area contributed by atoms with E-state index >= 15 is 0 Å². The molecule has 116 valence electrons. The topological polar surface area (TPSA) is 18.5 Å². The summed E-state index contributed by atoms with van der Waals surface area (Å²) in [5.41, 5.74) is 0. The molecule has 19 heavy (non-hydrogen) atoms. The molecule has 0 aliphatic carbocycles. The summed E-state index contributed by atoms with van der Waals surface area (Å²) in [5.74, 6) is 1.32. The maximum Gasteiger partial charge on any atom is 0.0621 e. The zero-order valence-electron chi connectivity index (χ0n) is 13.9. The summed E-state index contributed by atoms with van der Waals surface area (Å²) in [5, 5.41) is 0. The zero-order valence-corrected chi connectivity index (χ0v) is 13.9. The molecule has 0 aliphatic heterocycles. The number of ether oxygens (including phenoxy) is 2. The van der Waals surface area contributed by atoms with Gasteiger partial charge in [-0.3, -0.25) is 0 Å². The van der Waals surface area contributed by atoms with Crippen LogP contribution in [-0.2, 0) is 9.47 Å². The lowest BCUT2D eigenvalue weighted by atomic mass is 9.90. The van der Waals surface area contributed by atoms with Gasteiger partial charge in [0.2, 0.25) is 0 Å². The highest BCUT2D eigenvalue weighted by Crippen LogP contribution is 2.22. The minimum absolute atomic E-state index is 0.375. The van der Waals surface area contributed by atoms with Crippen molar-refractivity contribution in [3.05, 3.63) is 0 Å². The molecule has 0 saturated carbocycles. The van der Waals surface area contributed by atoms with Crippen molar-refractivity contribution in [2.75, 3.05) is 20.8 Å². The lowest BCUT2D eigenvalue weighted by molar-refractivity contribution is 0.00274. The molecule has 0 radical (unpaired) electrons. The molecule has 0 aromatic heterocycles. The van der Waals surface area contributed by atoms with Crippen LogP contribution in [-0.4, -0.2) is 26.9 Å². The van der Waals surface area contributed by atoms with Gasteiger partial charge in [-0.15, -0.1) is 0 Å². The van der Waals surface area contributed by atoms with E-state index in [0.29, 0.717) is 12.0 Å². The highest BCUT2D eigenvalue weighted by atomic mass is 16.5. The fourth-order valence-corrected chi connectivity index (χ4v) is 2.63. The first-order chi connectivity index (χ1) is 9.15. The van der Waals surface area contributed by atoms with E-state index < -0.39 is 0 Å². The molecule has 0 N–H and O–H groups in total. The van der Waals surface area contributed by atoms with Gasteiger partial charge >= 0.3 is 0 Å². The van der Waals surface area contributed by atoms with Gasteiger partial charge in [0, 0.05) is 20.1 Å². The summed E-state index contributed by atoms with van der Waals surface area (Å²) < 4.78 is 11.1. The first-order valence-corrected chi connectivity index (χ1v) is 8.17. The summed E-state index contributed by atoms with van der Waals surface area (Å²) in [6.07, 6.45) is 10.7. The van der Waals surface area contributed by atoms with Crippen molar-refractivity contribution in [1.82, 2.24) is 0 Å². The van der Waals surface area contributed by atoms with Gasteiger partial charge in [0.15, 0.2) is 0 Å². The fourth-order valence-electron chi connectivity index (χ4n) is 2.63. The molecular formula is C17H36O2. The average Bonchev–Trinajstić information content (AvgIpc) is 2.39. The third-order valence-corrected chi connectivity index (χ3v) is 3.92. The Bertz CT molecular complexity index is 180. The van der Waals surface area contributed by atoms with Crippen LogP contribution in [0.3, 0.4) is 0 Å². The van der Waals surface area contributed by atoms with Crippen LogP contribution in [0.5, 0.6) is 0 Å². The van der Waals surface area contributed by atoms with Gasteiger partial charge in [0.25, 0.3) is 0 Å². The number of hydrogen-bond donors (Lipinski definition) is 0. The van der Waals surface area contributed by atoms with Crippen molar-refractivity contribution in [3.8, 4) is 0 Å². The Hall–Kier alpha value is -0.0800. The van der Waals surface area contributed by atoms with Crippen molar-refractivity contribution in [3.63, 3.8) is 0 Å². The van der Waals surface area contributed by atoms with Gasteiger partial charge in [0.1, 0.15) is 0 Å². The molecule has 2 atom stereocenters. The van der Waals surface area contributed by atoms with Crippen LogP contribution >= 0.6 is 0 Å². The Morgan fingerprint density at radius 2 is 1.53 bits per heavy atom. The summed E-state index contributed by atoms with van der Waals surface area (Å²) in [6.45, 7) is 7.67. The first kappa shape index (κ1) is 18.9. The molecular weight excluding hydrogens is 236 g/mol. The van der Waals surface area contributed by atoms with Gasteiger partial charge in [-0.1, -0.05) is 59.3 Å². The molecule has 0 aromatic carbocycles. The molecule has 0 spiro atoms. The Morgan fingerprint density at radius 1 is 0.842 bits per heavy atom. The van der Waals surface area contributed by atoms with Gasteiger partial charge in [-0.05, 0) is 18.8 Å². The number of methoxy groups -OCH3 is 2. The molecule has 0 saturated heterocycles. The normalized spacial score (nSPS) is 14.8. The lowest BCUT2D eigenvalue weighted by Gasteiger charge is -2.26. The van der Waals surface area contributed by atoms with E-state index in [1.807, 2.05) is 7.11 Å². The molecule has 0 bridgehead atoms. The summed E-state index contributed by atoms with van der Waals surface area (Å²) in [7, 11) is 3.66. The van der Waals surface area contributed by atoms with Crippen molar-refractivity contribution in [1.29, 1.82) is 0 Å².